The first kappa shape index (κ1) is 20.8. The molecular weight excluding hydrogens is 396 g/mol. The number of benzene rings is 1. The summed E-state index contributed by atoms with van der Waals surface area (Å²) in [6.07, 6.45) is 2.50. The van der Waals surface area contributed by atoms with Crippen LogP contribution >= 0.6 is 23.1 Å². The Kier molecular flexibility index (Phi) is 7.41. The van der Waals surface area contributed by atoms with Gasteiger partial charge in [0.15, 0.2) is 4.34 Å². The molecule has 1 aromatic carbocycles. The largest absolute Gasteiger partial charge is 0.468 e. The van der Waals surface area contributed by atoms with Crippen LogP contribution in [0.4, 0.5) is 5.13 Å². The van der Waals surface area contributed by atoms with Gasteiger partial charge in [0.05, 0.1) is 12.9 Å². The predicted molar refractivity (Wildman–Crippen MR) is 111 cm³/mol. The lowest BCUT2D eigenvalue weighted by molar-refractivity contribution is -0.137. The van der Waals surface area contributed by atoms with Gasteiger partial charge in [0.1, 0.15) is 0 Å². The number of carbonyl (C=O) groups excluding carboxylic acids is 2. The number of ether oxygens (including phenoxy) is 1. The fraction of sp³-hybridized carbons (Fsp3) is 0.474. The molecule has 0 bridgehead atoms. The topological polar surface area (TPSA) is 84.4 Å². The molecule has 0 aliphatic carbocycles. The number of thioether (sulfide) groups is 1. The minimum absolute atomic E-state index is 0.163. The summed E-state index contributed by atoms with van der Waals surface area (Å²) in [5.74, 6) is 0.433. The monoisotopic (exact) mass is 420 g/mol. The SMILES string of the molecule is COC(=O)CSc1nnc(NC(=O)c2ccc(CN3CCC(C)CC3)cc2)s1. The van der Waals surface area contributed by atoms with Crippen molar-refractivity contribution in [2.75, 3.05) is 31.3 Å². The van der Waals surface area contributed by atoms with E-state index in [1.807, 2.05) is 24.3 Å². The van der Waals surface area contributed by atoms with Crippen molar-refractivity contribution < 1.29 is 14.3 Å². The van der Waals surface area contributed by atoms with Crippen LogP contribution in [0.3, 0.4) is 0 Å². The molecule has 9 heteroatoms. The Bertz CT molecular complexity index is 802. The summed E-state index contributed by atoms with van der Waals surface area (Å²) in [6, 6.07) is 7.69. The van der Waals surface area contributed by atoms with Crippen LogP contribution in [-0.2, 0) is 16.1 Å². The van der Waals surface area contributed by atoms with E-state index in [9.17, 15) is 9.59 Å². The van der Waals surface area contributed by atoms with Crippen molar-refractivity contribution in [1.29, 1.82) is 0 Å². The first-order chi connectivity index (χ1) is 13.5. The number of esters is 1. The summed E-state index contributed by atoms with van der Waals surface area (Å²) in [4.78, 5) is 26.0. The highest BCUT2D eigenvalue weighted by Gasteiger charge is 2.16. The molecule has 1 aliphatic heterocycles. The number of amides is 1. The van der Waals surface area contributed by atoms with Crippen molar-refractivity contribution in [2.24, 2.45) is 5.92 Å². The fourth-order valence-corrected chi connectivity index (χ4v) is 4.49. The third kappa shape index (κ3) is 6.02. The average Bonchev–Trinajstić information content (AvgIpc) is 3.15. The first-order valence-electron chi connectivity index (χ1n) is 9.19. The van der Waals surface area contributed by atoms with E-state index >= 15 is 0 Å². The van der Waals surface area contributed by atoms with E-state index in [1.54, 1.807) is 0 Å². The molecule has 7 nitrogen and oxygen atoms in total. The molecular formula is C19H24N4O3S2. The van der Waals surface area contributed by atoms with Crippen LogP contribution in [0.1, 0.15) is 35.7 Å². The molecule has 1 aliphatic rings. The van der Waals surface area contributed by atoms with Crippen LogP contribution in [0.2, 0.25) is 0 Å². The number of rotatable bonds is 7. The summed E-state index contributed by atoms with van der Waals surface area (Å²) in [6.45, 7) is 5.50. The molecule has 1 saturated heterocycles. The van der Waals surface area contributed by atoms with Gasteiger partial charge in [0.25, 0.3) is 5.91 Å². The van der Waals surface area contributed by atoms with Gasteiger partial charge in [-0.05, 0) is 49.5 Å². The smallest absolute Gasteiger partial charge is 0.316 e. The van der Waals surface area contributed by atoms with Crippen molar-refractivity contribution in [3.05, 3.63) is 35.4 Å². The van der Waals surface area contributed by atoms with Gasteiger partial charge in [-0.1, -0.05) is 42.2 Å². The van der Waals surface area contributed by atoms with Crippen LogP contribution < -0.4 is 5.32 Å². The summed E-state index contributed by atoms with van der Waals surface area (Å²) < 4.78 is 5.19. The van der Waals surface area contributed by atoms with E-state index in [2.05, 4.69) is 32.1 Å². The first-order valence-corrected chi connectivity index (χ1v) is 11.0. The zero-order chi connectivity index (χ0) is 19.9. The second kappa shape index (κ2) is 9.99. The quantitative estimate of drug-likeness (QED) is 0.418. The normalized spacial score (nSPS) is 15.4. The maximum absolute atomic E-state index is 12.4. The Morgan fingerprint density at radius 2 is 1.96 bits per heavy atom. The van der Waals surface area contributed by atoms with E-state index in [1.165, 1.54) is 48.6 Å². The lowest BCUT2D eigenvalue weighted by Crippen LogP contribution is -2.32. The molecule has 1 aromatic heterocycles. The van der Waals surface area contributed by atoms with Crippen LogP contribution in [-0.4, -0.2) is 52.9 Å². The number of likely N-dealkylation sites (tertiary alicyclic amines) is 1. The van der Waals surface area contributed by atoms with Crippen molar-refractivity contribution in [1.82, 2.24) is 15.1 Å². The maximum Gasteiger partial charge on any atom is 0.316 e. The molecule has 1 N–H and O–H groups in total. The van der Waals surface area contributed by atoms with Gasteiger partial charge in [-0.15, -0.1) is 10.2 Å². The molecule has 2 heterocycles. The Morgan fingerprint density at radius 1 is 1.25 bits per heavy atom. The van der Waals surface area contributed by atoms with Crippen molar-refractivity contribution in [2.45, 2.75) is 30.6 Å². The lowest BCUT2D eigenvalue weighted by atomic mass is 9.99. The molecule has 0 atom stereocenters. The number of methoxy groups -OCH3 is 1. The predicted octanol–water partition coefficient (Wildman–Crippen LogP) is 3.29. The van der Waals surface area contributed by atoms with E-state index in [0.717, 1.165) is 25.6 Å². The van der Waals surface area contributed by atoms with Crippen LogP contribution in [0.5, 0.6) is 0 Å². The molecule has 0 radical (unpaired) electrons. The summed E-state index contributed by atoms with van der Waals surface area (Å²) >= 11 is 2.46. The third-order valence-corrected chi connectivity index (χ3v) is 6.61. The molecule has 0 saturated carbocycles. The van der Waals surface area contributed by atoms with Gasteiger partial charge in [0, 0.05) is 12.1 Å². The van der Waals surface area contributed by atoms with E-state index < -0.39 is 0 Å². The molecule has 2 aromatic rings. The molecule has 150 valence electrons. The average molecular weight is 421 g/mol. The minimum atomic E-state index is -0.329. The Labute approximate surface area is 172 Å². The number of nitrogens with zero attached hydrogens (tertiary/aromatic N) is 3. The van der Waals surface area contributed by atoms with Crippen LogP contribution in [0, 0.1) is 5.92 Å². The number of anilines is 1. The number of carbonyl (C=O) groups is 2. The Hall–Kier alpha value is -1.97. The van der Waals surface area contributed by atoms with Crippen LogP contribution in [0.25, 0.3) is 0 Å². The Balaban J connectivity index is 1.50. The molecule has 0 spiro atoms. The maximum atomic E-state index is 12.4. The van der Waals surface area contributed by atoms with Gasteiger partial charge in [-0.3, -0.25) is 19.8 Å². The Morgan fingerprint density at radius 3 is 2.64 bits per heavy atom. The third-order valence-electron chi connectivity index (χ3n) is 4.67. The highest BCUT2D eigenvalue weighted by molar-refractivity contribution is 8.01. The summed E-state index contributed by atoms with van der Waals surface area (Å²) in [7, 11) is 1.34. The van der Waals surface area contributed by atoms with Gasteiger partial charge >= 0.3 is 5.97 Å². The molecule has 1 fully saturated rings. The second-order valence-corrected chi connectivity index (χ2v) is 9.05. The second-order valence-electron chi connectivity index (χ2n) is 6.85. The van der Waals surface area contributed by atoms with Crippen LogP contribution in [0.15, 0.2) is 28.6 Å². The van der Waals surface area contributed by atoms with E-state index in [4.69, 9.17) is 0 Å². The van der Waals surface area contributed by atoms with Gasteiger partial charge in [0.2, 0.25) is 5.13 Å². The standard InChI is InChI=1S/C19H24N4O3S2/c1-13-7-9-23(10-8-13)11-14-3-5-15(6-4-14)17(25)20-18-21-22-19(28-18)27-12-16(24)26-2/h3-6,13H,7-12H2,1-2H3,(H,20,21,25). The van der Waals surface area contributed by atoms with E-state index in [-0.39, 0.29) is 17.6 Å². The molecule has 1 amide bonds. The van der Waals surface area contributed by atoms with Gasteiger partial charge in [-0.2, -0.15) is 0 Å². The number of hydrogen-bond donors (Lipinski definition) is 1. The number of piperidine rings is 1. The van der Waals surface area contributed by atoms with Gasteiger partial charge < -0.3 is 4.74 Å². The zero-order valence-corrected chi connectivity index (χ0v) is 17.6. The van der Waals surface area contributed by atoms with Gasteiger partial charge in [-0.25, -0.2) is 0 Å². The fourth-order valence-electron chi connectivity index (χ4n) is 2.91. The molecule has 3 rings (SSSR count). The van der Waals surface area contributed by atoms with Crippen molar-refractivity contribution in [3.63, 3.8) is 0 Å². The highest BCUT2D eigenvalue weighted by Crippen LogP contribution is 2.26. The summed E-state index contributed by atoms with van der Waals surface area (Å²) in [5.41, 5.74) is 1.79. The zero-order valence-electron chi connectivity index (χ0n) is 16.0. The molecule has 28 heavy (non-hydrogen) atoms. The summed E-state index contributed by atoms with van der Waals surface area (Å²) in [5, 5.41) is 11.1. The van der Waals surface area contributed by atoms with E-state index in [0.29, 0.717) is 15.0 Å². The lowest BCUT2D eigenvalue weighted by Gasteiger charge is -2.30. The number of nitrogens with one attached hydrogen (secondary N) is 1. The van der Waals surface area contributed by atoms with Crippen molar-refractivity contribution >= 4 is 40.1 Å². The van der Waals surface area contributed by atoms with Crippen molar-refractivity contribution in [3.8, 4) is 0 Å². The highest BCUT2D eigenvalue weighted by atomic mass is 32.2. The minimum Gasteiger partial charge on any atom is -0.468 e. The molecule has 0 unspecified atom stereocenters. The number of hydrogen-bond acceptors (Lipinski definition) is 8. The number of aromatic nitrogens is 2.